The Morgan fingerprint density at radius 2 is 1.53 bits per heavy atom. The summed E-state index contributed by atoms with van der Waals surface area (Å²) in [5, 5.41) is 17.5. The van der Waals surface area contributed by atoms with E-state index in [1.54, 1.807) is 41.3 Å². The summed E-state index contributed by atoms with van der Waals surface area (Å²) in [5.41, 5.74) is 1.10. The number of amides is 1. The van der Waals surface area contributed by atoms with Crippen LogP contribution < -0.4 is 0 Å². The van der Waals surface area contributed by atoms with Crippen molar-refractivity contribution in [1.82, 2.24) is 4.90 Å². The van der Waals surface area contributed by atoms with E-state index < -0.39 is 5.97 Å². The second-order valence-electron chi connectivity index (χ2n) is 7.90. The van der Waals surface area contributed by atoms with E-state index in [0.717, 1.165) is 0 Å². The maximum atomic E-state index is 12.6. The lowest BCUT2D eigenvalue weighted by Gasteiger charge is -2.26. The molecule has 0 atom stereocenters. The number of phenolic OH excluding ortho intramolecular Hbond substituents is 1. The number of hydrogen-bond donors (Lipinski definition) is 1. The summed E-state index contributed by atoms with van der Waals surface area (Å²) in [6.07, 6.45) is 0. The van der Waals surface area contributed by atoms with E-state index in [0.29, 0.717) is 36.3 Å². The van der Waals surface area contributed by atoms with Crippen molar-refractivity contribution >= 4 is 23.3 Å². The minimum Gasteiger partial charge on any atom is -0.508 e. The number of carbonyl (C=O) groups excluding carboxylic acids is 2. The summed E-state index contributed by atoms with van der Waals surface area (Å²) < 4.78 is 5.28. The Balaban J connectivity index is 2.06. The number of benzene rings is 2. The first-order valence-electron chi connectivity index (χ1n) is 10.0. The van der Waals surface area contributed by atoms with Gasteiger partial charge in [0.25, 0.3) is 5.91 Å². The van der Waals surface area contributed by atoms with Crippen LogP contribution in [0.2, 0.25) is 0 Å². The van der Waals surface area contributed by atoms with E-state index in [2.05, 4.69) is 10.2 Å². The highest BCUT2D eigenvalue weighted by Gasteiger charge is 2.19. The molecular formula is C23H29N3O4. The smallest absolute Gasteiger partial charge is 0.340 e. The molecule has 0 radical (unpaired) electrons. The van der Waals surface area contributed by atoms with Crippen LogP contribution in [0.25, 0.3) is 0 Å². The van der Waals surface area contributed by atoms with Gasteiger partial charge in [-0.3, -0.25) is 4.79 Å². The van der Waals surface area contributed by atoms with Crippen molar-refractivity contribution in [3.05, 3.63) is 54.1 Å². The summed E-state index contributed by atoms with van der Waals surface area (Å²) in [5.74, 6) is -0.0629. The molecule has 0 aliphatic heterocycles. The highest BCUT2D eigenvalue weighted by atomic mass is 16.5. The summed E-state index contributed by atoms with van der Waals surface area (Å²) in [7, 11) is 0. The Kier molecular flexibility index (Phi) is 8.53. The number of ether oxygens (including phenoxy) is 1. The fourth-order valence-electron chi connectivity index (χ4n) is 2.82. The quantitative estimate of drug-likeness (QED) is 0.459. The van der Waals surface area contributed by atoms with Gasteiger partial charge in [-0.1, -0.05) is 39.8 Å². The van der Waals surface area contributed by atoms with Crippen molar-refractivity contribution in [3.63, 3.8) is 0 Å². The van der Waals surface area contributed by atoms with E-state index in [9.17, 15) is 14.7 Å². The summed E-state index contributed by atoms with van der Waals surface area (Å²) in [6.45, 7) is 9.09. The molecule has 1 N–H and O–H groups in total. The molecule has 30 heavy (non-hydrogen) atoms. The predicted octanol–water partition coefficient (Wildman–Crippen LogP) is 5.11. The minimum atomic E-state index is -0.627. The van der Waals surface area contributed by atoms with Crippen LogP contribution in [0.1, 0.15) is 38.1 Å². The van der Waals surface area contributed by atoms with Gasteiger partial charge in [-0.15, -0.1) is 5.11 Å². The van der Waals surface area contributed by atoms with Gasteiger partial charge < -0.3 is 14.7 Å². The monoisotopic (exact) mass is 411 g/mol. The summed E-state index contributed by atoms with van der Waals surface area (Å²) in [6, 6.07) is 12.9. The standard InChI is InChI=1S/C23H29N3O4/c1-16(2)13-26(14-17(3)4)22(28)15-30-23(29)20-7-5-6-8-21(20)25-24-18-9-11-19(27)12-10-18/h5-12,16-17,27H,13-15H2,1-4H3. The molecular weight excluding hydrogens is 382 g/mol. The number of phenols is 1. The zero-order valence-electron chi connectivity index (χ0n) is 17.9. The Morgan fingerprint density at radius 3 is 2.13 bits per heavy atom. The molecule has 0 aliphatic rings. The van der Waals surface area contributed by atoms with Gasteiger partial charge in [0, 0.05) is 13.1 Å². The number of carbonyl (C=O) groups is 2. The second-order valence-corrected chi connectivity index (χ2v) is 7.90. The van der Waals surface area contributed by atoms with Crippen LogP contribution in [-0.2, 0) is 9.53 Å². The number of hydrogen-bond acceptors (Lipinski definition) is 6. The molecule has 1 amide bonds. The van der Waals surface area contributed by atoms with E-state index in [-0.39, 0.29) is 23.8 Å². The second kappa shape index (κ2) is 11.1. The highest BCUT2D eigenvalue weighted by Crippen LogP contribution is 2.24. The van der Waals surface area contributed by atoms with Crippen molar-refractivity contribution in [2.24, 2.45) is 22.1 Å². The molecule has 0 spiro atoms. The SMILES string of the molecule is CC(C)CN(CC(C)C)C(=O)COC(=O)c1ccccc1N=Nc1ccc(O)cc1. The lowest BCUT2D eigenvalue weighted by molar-refractivity contribution is -0.135. The molecule has 2 rings (SSSR count). The van der Waals surface area contributed by atoms with Gasteiger partial charge in [-0.05, 0) is 48.2 Å². The van der Waals surface area contributed by atoms with Crippen LogP contribution in [0.3, 0.4) is 0 Å². The van der Waals surface area contributed by atoms with E-state index >= 15 is 0 Å². The van der Waals surface area contributed by atoms with Crippen molar-refractivity contribution < 1.29 is 19.4 Å². The lowest BCUT2D eigenvalue weighted by Crippen LogP contribution is -2.39. The first-order chi connectivity index (χ1) is 14.3. The molecule has 7 nitrogen and oxygen atoms in total. The van der Waals surface area contributed by atoms with Crippen LogP contribution in [0, 0.1) is 11.8 Å². The van der Waals surface area contributed by atoms with Gasteiger partial charge in [-0.2, -0.15) is 5.11 Å². The van der Waals surface area contributed by atoms with Crippen LogP contribution in [0.15, 0.2) is 58.8 Å². The summed E-state index contributed by atoms with van der Waals surface area (Å²) >= 11 is 0. The number of aromatic hydroxyl groups is 1. The largest absolute Gasteiger partial charge is 0.508 e. The molecule has 2 aromatic carbocycles. The molecule has 7 heteroatoms. The van der Waals surface area contributed by atoms with Crippen molar-refractivity contribution in [2.75, 3.05) is 19.7 Å². The summed E-state index contributed by atoms with van der Waals surface area (Å²) in [4.78, 5) is 26.9. The number of esters is 1. The third kappa shape index (κ3) is 7.31. The van der Waals surface area contributed by atoms with Crippen LogP contribution >= 0.6 is 0 Å². The Hall–Kier alpha value is -3.22. The molecule has 0 fully saturated rings. The van der Waals surface area contributed by atoms with E-state index in [1.165, 1.54) is 12.1 Å². The lowest BCUT2D eigenvalue weighted by atomic mass is 10.1. The predicted molar refractivity (Wildman–Crippen MR) is 115 cm³/mol. The maximum Gasteiger partial charge on any atom is 0.340 e. The zero-order valence-corrected chi connectivity index (χ0v) is 17.9. The maximum absolute atomic E-state index is 12.6. The van der Waals surface area contributed by atoms with Gasteiger partial charge in [-0.25, -0.2) is 4.79 Å². The van der Waals surface area contributed by atoms with Crippen LogP contribution in [0.4, 0.5) is 11.4 Å². The molecule has 0 bridgehead atoms. The molecule has 0 aliphatic carbocycles. The van der Waals surface area contributed by atoms with Crippen molar-refractivity contribution in [3.8, 4) is 5.75 Å². The first kappa shape index (κ1) is 23.1. The number of rotatable bonds is 9. The van der Waals surface area contributed by atoms with Crippen molar-refractivity contribution in [2.45, 2.75) is 27.7 Å². The fraction of sp³-hybridized carbons (Fsp3) is 0.391. The molecule has 0 aromatic heterocycles. The third-order valence-corrected chi connectivity index (χ3v) is 4.10. The average molecular weight is 412 g/mol. The molecule has 0 unspecified atom stereocenters. The molecule has 0 saturated carbocycles. The third-order valence-electron chi connectivity index (χ3n) is 4.10. The van der Waals surface area contributed by atoms with Gasteiger partial charge in [0.05, 0.1) is 11.3 Å². The molecule has 0 saturated heterocycles. The fourth-order valence-corrected chi connectivity index (χ4v) is 2.82. The topological polar surface area (TPSA) is 91.6 Å². The van der Waals surface area contributed by atoms with E-state index in [1.807, 2.05) is 27.7 Å². The zero-order chi connectivity index (χ0) is 22.1. The van der Waals surface area contributed by atoms with Gasteiger partial charge >= 0.3 is 5.97 Å². The minimum absolute atomic E-state index is 0.131. The van der Waals surface area contributed by atoms with E-state index in [4.69, 9.17) is 4.74 Å². The highest BCUT2D eigenvalue weighted by molar-refractivity contribution is 5.96. The van der Waals surface area contributed by atoms with Gasteiger partial charge in [0.15, 0.2) is 6.61 Å². The van der Waals surface area contributed by atoms with Gasteiger partial charge in [0.2, 0.25) is 0 Å². The normalized spacial score (nSPS) is 11.3. The molecule has 0 heterocycles. The Morgan fingerprint density at radius 1 is 0.933 bits per heavy atom. The van der Waals surface area contributed by atoms with Crippen molar-refractivity contribution in [1.29, 1.82) is 0 Å². The molecule has 2 aromatic rings. The number of azo groups is 1. The Bertz CT molecular complexity index is 866. The average Bonchev–Trinajstić information content (AvgIpc) is 2.70. The van der Waals surface area contributed by atoms with Gasteiger partial charge in [0.1, 0.15) is 11.4 Å². The molecule has 160 valence electrons. The Labute approximate surface area is 177 Å². The number of nitrogens with zero attached hydrogens (tertiary/aromatic N) is 3. The van der Waals surface area contributed by atoms with Crippen LogP contribution in [0.5, 0.6) is 5.75 Å². The first-order valence-corrected chi connectivity index (χ1v) is 10.0. The van der Waals surface area contributed by atoms with Crippen LogP contribution in [-0.4, -0.2) is 41.6 Å².